The van der Waals surface area contributed by atoms with Crippen molar-refractivity contribution >= 4 is 22.0 Å². The van der Waals surface area contributed by atoms with Crippen LogP contribution < -0.4 is 5.63 Å². The van der Waals surface area contributed by atoms with Gasteiger partial charge in [0.15, 0.2) is 5.52 Å². The van der Waals surface area contributed by atoms with Gasteiger partial charge in [0.1, 0.15) is 16.9 Å². The molecule has 4 nitrogen and oxygen atoms in total. The Morgan fingerprint density at radius 3 is 2.55 bits per heavy atom. The summed E-state index contributed by atoms with van der Waals surface area (Å²) in [5.74, 6) is 0.671. The summed E-state index contributed by atoms with van der Waals surface area (Å²) < 4.78 is 5.30. The molecule has 20 heavy (non-hydrogen) atoms. The minimum absolute atomic E-state index is 0.395. The van der Waals surface area contributed by atoms with Crippen molar-refractivity contribution in [3.05, 3.63) is 65.0 Å². The maximum absolute atomic E-state index is 12.0. The smallest absolute Gasteiger partial charge is 0.362 e. The number of benzene rings is 2. The fraction of sp³-hybridized carbons (Fsp3) is 0. The van der Waals surface area contributed by atoms with E-state index in [1.807, 2.05) is 48.5 Å². The number of imidazole rings is 1. The van der Waals surface area contributed by atoms with Gasteiger partial charge in [0, 0.05) is 10.9 Å². The van der Waals surface area contributed by atoms with Gasteiger partial charge in [0.2, 0.25) is 0 Å². The van der Waals surface area contributed by atoms with Crippen molar-refractivity contribution in [3.63, 3.8) is 0 Å². The number of hydrogen-bond acceptors (Lipinski definition) is 3. The SMILES string of the molecule is O=c1oc2ccccc2c2nc(-c3ccccc3)[nH]c12. The van der Waals surface area contributed by atoms with Gasteiger partial charge in [0.05, 0.1) is 0 Å². The highest BCUT2D eigenvalue weighted by atomic mass is 16.4. The second-order valence-corrected chi connectivity index (χ2v) is 4.56. The van der Waals surface area contributed by atoms with E-state index in [0.29, 0.717) is 22.4 Å². The molecule has 0 saturated heterocycles. The van der Waals surface area contributed by atoms with Gasteiger partial charge in [-0.2, -0.15) is 0 Å². The van der Waals surface area contributed by atoms with Crippen LogP contribution in [-0.4, -0.2) is 9.97 Å². The molecule has 1 N–H and O–H groups in total. The van der Waals surface area contributed by atoms with Crippen molar-refractivity contribution in [2.75, 3.05) is 0 Å². The topological polar surface area (TPSA) is 58.9 Å². The molecule has 0 aliphatic carbocycles. The summed E-state index contributed by atoms with van der Waals surface area (Å²) in [6, 6.07) is 17.1. The van der Waals surface area contributed by atoms with Crippen molar-refractivity contribution in [1.82, 2.24) is 9.97 Å². The van der Waals surface area contributed by atoms with E-state index in [4.69, 9.17) is 4.42 Å². The van der Waals surface area contributed by atoms with Gasteiger partial charge in [-0.25, -0.2) is 9.78 Å². The first-order valence-electron chi connectivity index (χ1n) is 6.30. The van der Waals surface area contributed by atoms with Crippen LogP contribution >= 0.6 is 0 Å². The molecule has 96 valence electrons. The van der Waals surface area contributed by atoms with Gasteiger partial charge in [-0.05, 0) is 12.1 Å². The predicted octanol–water partition coefficient (Wildman–Crippen LogP) is 3.34. The molecule has 0 amide bonds. The largest absolute Gasteiger partial charge is 0.421 e. The number of nitrogens with one attached hydrogen (secondary N) is 1. The lowest BCUT2D eigenvalue weighted by Crippen LogP contribution is -1.99. The van der Waals surface area contributed by atoms with Crippen LogP contribution in [0.3, 0.4) is 0 Å². The zero-order chi connectivity index (χ0) is 13.5. The second kappa shape index (κ2) is 4.06. The Bertz CT molecular complexity index is 968. The van der Waals surface area contributed by atoms with Crippen LogP contribution in [0.25, 0.3) is 33.4 Å². The number of H-pyrrole nitrogens is 1. The van der Waals surface area contributed by atoms with E-state index in [0.717, 1.165) is 10.9 Å². The maximum atomic E-state index is 12.0. The summed E-state index contributed by atoms with van der Waals surface area (Å²) in [6.45, 7) is 0. The van der Waals surface area contributed by atoms with Gasteiger partial charge >= 0.3 is 5.63 Å². The Balaban J connectivity index is 2.11. The normalized spacial score (nSPS) is 11.2. The molecule has 0 spiro atoms. The van der Waals surface area contributed by atoms with Crippen LogP contribution in [0.5, 0.6) is 0 Å². The molecule has 4 aromatic rings. The van der Waals surface area contributed by atoms with Gasteiger partial charge in [-0.15, -0.1) is 0 Å². The third kappa shape index (κ3) is 1.55. The van der Waals surface area contributed by atoms with E-state index >= 15 is 0 Å². The first-order valence-corrected chi connectivity index (χ1v) is 6.30. The lowest BCUT2D eigenvalue weighted by Gasteiger charge is -1.95. The third-order valence-corrected chi connectivity index (χ3v) is 3.30. The monoisotopic (exact) mass is 262 g/mol. The highest BCUT2D eigenvalue weighted by Gasteiger charge is 2.12. The molecule has 2 aromatic heterocycles. The number of rotatable bonds is 1. The first-order chi connectivity index (χ1) is 9.83. The zero-order valence-corrected chi connectivity index (χ0v) is 10.5. The van der Waals surface area contributed by atoms with E-state index < -0.39 is 5.63 Å². The average Bonchev–Trinajstić information content (AvgIpc) is 2.94. The van der Waals surface area contributed by atoms with Crippen molar-refractivity contribution in [2.24, 2.45) is 0 Å². The van der Waals surface area contributed by atoms with Gasteiger partial charge < -0.3 is 9.40 Å². The quantitative estimate of drug-likeness (QED) is 0.535. The summed E-state index contributed by atoms with van der Waals surface area (Å²) >= 11 is 0. The third-order valence-electron chi connectivity index (χ3n) is 3.30. The van der Waals surface area contributed by atoms with Crippen LogP contribution in [0.1, 0.15) is 0 Å². The minimum atomic E-state index is -0.395. The van der Waals surface area contributed by atoms with Crippen LogP contribution in [0.15, 0.2) is 63.8 Å². The number of para-hydroxylation sites is 1. The van der Waals surface area contributed by atoms with Crippen LogP contribution in [0.2, 0.25) is 0 Å². The Morgan fingerprint density at radius 1 is 0.950 bits per heavy atom. The highest BCUT2D eigenvalue weighted by molar-refractivity contribution is 6.01. The highest BCUT2D eigenvalue weighted by Crippen LogP contribution is 2.24. The number of aromatic nitrogens is 2. The Labute approximate surface area is 113 Å². The van der Waals surface area contributed by atoms with E-state index in [1.54, 1.807) is 6.07 Å². The van der Waals surface area contributed by atoms with Gasteiger partial charge in [-0.1, -0.05) is 42.5 Å². The van der Waals surface area contributed by atoms with Crippen LogP contribution in [0.4, 0.5) is 0 Å². The Kier molecular flexibility index (Phi) is 2.23. The molecule has 2 heterocycles. The molecule has 0 aliphatic rings. The molecule has 0 bridgehead atoms. The Morgan fingerprint density at radius 2 is 1.70 bits per heavy atom. The summed E-state index contributed by atoms with van der Waals surface area (Å²) in [5.41, 5.74) is 2.15. The van der Waals surface area contributed by atoms with Crippen molar-refractivity contribution in [1.29, 1.82) is 0 Å². The first kappa shape index (κ1) is 11.0. The fourth-order valence-electron chi connectivity index (χ4n) is 2.35. The molecule has 0 aliphatic heterocycles. The minimum Gasteiger partial charge on any atom is -0.421 e. The van der Waals surface area contributed by atoms with Gasteiger partial charge in [-0.3, -0.25) is 0 Å². The molecule has 0 atom stereocenters. The zero-order valence-electron chi connectivity index (χ0n) is 10.5. The number of aromatic amines is 1. The maximum Gasteiger partial charge on any atom is 0.362 e. The number of fused-ring (bicyclic) bond motifs is 3. The standard InChI is InChI=1S/C16H10N2O2/c19-16-14-13(11-8-4-5-9-12(11)20-16)17-15(18-14)10-6-2-1-3-7-10/h1-9H,(H,17,18). The molecule has 0 saturated carbocycles. The van der Waals surface area contributed by atoms with E-state index in [2.05, 4.69) is 9.97 Å². The Hall–Kier alpha value is -2.88. The van der Waals surface area contributed by atoms with E-state index in [1.165, 1.54) is 0 Å². The van der Waals surface area contributed by atoms with E-state index in [9.17, 15) is 4.79 Å². The summed E-state index contributed by atoms with van der Waals surface area (Å²) in [4.78, 5) is 19.6. The molecule has 4 heteroatoms. The fourth-order valence-corrected chi connectivity index (χ4v) is 2.35. The summed E-state index contributed by atoms with van der Waals surface area (Å²) in [6.07, 6.45) is 0. The molecular formula is C16H10N2O2. The molecule has 0 unspecified atom stereocenters. The van der Waals surface area contributed by atoms with Crippen LogP contribution in [-0.2, 0) is 0 Å². The lowest BCUT2D eigenvalue weighted by molar-refractivity contribution is 0.568. The molecular weight excluding hydrogens is 252 g/mol. The van der Waals surface area contributed by atoms with Crippen molar-refractivity contribution in [2.45, 2.75) is 0 Å². The molecule has 0 fully saturated rings. The second-order valence-electron chi connectivity index (χ2n) is 4.56. The summed E-state index contributed by atoms with van der Waals surface area (Å²) in [7, 11) is 0. The van der Waals surface area contributed by atoms with E-state index in [-0.39, 0.29) is 0 Å². The average molecular weight is 262 g/mol. The molecule has 4 rings (SSSR count). The van der Waals surface area contributed by atoms with Crippen LogP contribution in [0, 0.1) is 0 Å². The molecule has 2 aromatic carbocycles. The number of hydrogen-bond donors (Lipinski definition) is 1. The molecule has 0 radical (unpaired) electrons. The predicted molar refractivity (Wildman–Crippen MR) is 77.6 cm³/mol. The van der Waals surface area contributed by atoms with Crippen molar-refractivity contribution < 1.29 is 4.42 Å². The van der Waals surface area contributed by atoms with Crippen molar-refractivity contribution in [3.8, 4) is 11.4 Å². The lowest BCUT2D eigenvalue weighted by atomic mass is 10.2. The summed E-state index contributed by atoms with van der Waals surface area (Å²) in [5, 5.41) is 0.834. The van der Waals surface area contributed by atoms with Gasteiger partial charge in [0.25, 0.3) is 0 Å². The number of nitrogens with zero attached hydrogens (tertiary/aromatic N) is 1.